The second kappa shape index (κ2) is 6.40. The van der Waals surface area contributed by atoms with Gasteiger partial charge in [0.2, 0.25) is 12.1 Å². The maximum absolute atomic E-state index is 11.3. The summed E-state index contributed by atoms with van der Waals surface area (Å²) in [5.41, 5.74) is 6.36. The van der Waals surface area contributed by atoms with Crippen molar-refractivity contribution in [2.45, 2.75) is 19.1 Å². The maximum Gasteiger partial charge on any atom is 0.222 e. The van der Waals surface area contributed by atoms with Crippen LogP contribution in [0.1, 0.15) is 12.8 Å². The zero-order valence-electron chi connectivity index (χ0n) is 12.1. The monoisotopic (exact) mass is 319 g/mol. The lowest BCUT2D eigenvalue weighted by Gasteiger charge is -2.21. The molecular formula is C16H18ClN3O2. The van der Waals surface area contributed by atoms with Gasteiger partial charge in [0.25, 0.3) is 0 Å². The summed E-state index contributed by atoms with van der Waals surface area (Å²) in [5.74, 6) is 0.260. The molecule has 0 bridgehead atoms. The van der Waals surface area contributed by atoms with Crippen LogP contribution in [0.25, 0.3) is 0 Å². The van der Waals surface area contributed by atoms with Crippen LogP contribution in [-0.2, 0) is 4.79 Å². The first kappa shape index (κ1) is 14.9. The van der Waals surface area contributed by atoms with Gasteiger partial charge in [-0.3, -0.25) is 9.79 Å². The third-order valence-electron chi connectivity index (χ3n) is 3.91. The minimum atomic E-state index is -0.335. The number of anilines is 1. The molecule has 2 N–H and O–H groups in total. The summed E-state index contributed by atoms with van der Waals surface area (Å²) in [6.07, 6.45) is 7.01. The number of allylic oxidation sites excluding steroid dienone is 1. The first-order chi connectivity index (χ1) is 10.6. The number of nitrogens with zero attached hydrogens (tertiary/aromatic N) is 2. The number of dihydropyridines is 1. The van der Waals surface area contributed by atoms with Gasteiger partial charge >= 0.3 is 0 Å². The summed E-state index contributed by atoms with van der Waals surface area (Å²) in [6.45, 7) is 1.44. The van der Waals surface area contributed by atoms with Crippen LogP contribution in [0.4, 0.5) is 5.69 Å². The number of rotatable bonds is 4. The molecule has 0 radical (unpaired) electrons. The fraction of sp³-hybridized carbons (Fsp3) is 0.375. The van der Waals surface area contributed by atoms with Crippen molar-refractivity contribution in [3.05, 3.63) is 35.4 Å². The van der Waals surface area contributed by atoms with Gasteiger partial charge in [-0.15, -0.1) is 0 Å². The highest BCUT2D eigenvalue weighted by Gasteiger charge is 2.27. The zero-order chi connectivity index (χ0) is 15.5. The molecule has 2 aliphatic rings. The van der Waals surface area contributed by atoms with Gasteiger partial charge in [-0.25, -0.2) is 0 Å². The molecule has 6 heteroatoms. The summed E-state index contributed by atoms with van der Waals surface area (Å²) in [7, 11) is 0. The molecule has 1 saturated heterocycles. The molecule has 0 aliphatic carbocycles. The van der Waals surface area contributed by atoms with Crippen molar-refractivity contribution >= 4 is 29.4 Å². The van der Waals surface area contributed by atoms with Gasteiger partial charge in [-0.1, -0.05) is 17.7 Å². The van der Waals surface area contributed by atoms with Gasteiger partial charge in [0.1, 0.15) is 5.75 Å². The van der Waals surface area contributed by atoms with Gasteiger partial charge in [0.15, 0.2) is 0 Å². The lowest BCUT2D eigenvalue weighted by atomic mass is 10.1. The number of halogens is 1. The summed E-state index contributed by atoms with van der Waals surface area (Å²) < 4.78 is 5.83. The quantitative estimate of drug-likeness (QED) is 0.866. The molecule has 0 saturated carbocycles. The lowest BCUT2D eigenvalue weighted by Crippen LogP contribution is -2.27. The Morgan fingerprint density at radius 1 is 1.45 bits per heavy atom. The third-order valence-corrected chi connectivity index (χ3v) is 4.23. The molecule has 2 unspecified atom stereocenters. The predicted octanol–water partition coefficient (Wildman–Crippen LogP) is 2.39. The highest BCUT2D eigenvalue weighted by Crippen LogP contribution is 2.33. The molecule has 5 nitrogen and oxygen atoms in total. The van der Waals surface area contributed by atoms with Crippen LogP contribution in [0.15, 0.2) is 35.3 Å². The molecular weight excluding hydrogens is 302 g/mol. The number of hydrogen-bond donors (Lipinski definition) is 1. The van der Waals surface area contributed by atoms with E-state index in [0.717, 1.165) is 25.1 Å². The smallest absolute Gasteiger partial charge is 0.222 e. The van der Waals surface area contributed by atoms with E-state index in [4.69, 9.17) is 22.1 Å². The molecule has 2 atom stereocenters. The van der Waals surface area contributed by atoms with E-state index < -0.39 is 0 Å². The van der Waals surface area contributed by atoms with Crippen molar-refractivity contribution in [2.75, 3.05) is 18.0 Å². The topological polar surface area (TPSA) is 67.9 Å². The summed E-state index contributed by atoms with van der Waals surface area (Å²) in [4.78, 5) is 17.7. The molecule has 3 rings (SSSR count). The molecule has 1 fully saturated rings. The minimum Gasteiger partial charge on any atom is -0.464 e. The Bertz CT molecular complexity index is 618. The van der Waals surface area contributed by atoms with Crippen molar-refractivity contribution in [2.24, 2.45) is 16.6 Å². The standard InChI is InChI=1S/C16H18ClN3O2/c17-13-5-4-12(20-8-6-11(10-20)16(18)21)9-14(13)22-15-3-1-2-7-19-15/h1,3-5,7,9,11,15H,2,6,8,10H2,(H2,18,21). The predicted molar refractivity (Wildman–Crippen MR) is 87.6 cm³/mol. The van der Waals surface area contributed by atoms with E-state index in [2.05, 4.69) is 9.89 Å². The number of nitrogens with two attached hydrogens (primary N) is 1. The van der Waals surface area contributed by atoms with E-state index in [1.807, 2.05) is 30.5 Å². The van der Waals surface area contributed by atoms with Gasteiger partial charge in [-0.05, 0) is 24.6 Å². The van der Waals surface area contributed by atoms with E-state index >= 15 is 0 Å². The number of ether oxygens (including phenoxy) is 1. The normalized spacial score (nSPS) is 23.8. The van der Waals surface area contributed by atoms with Crippen molar-refractivity contribution in [3.63, 3.8) is 0 Å². The molecule has 1 aromatic rings. The van der Waals surface area contributed by atoms with Gasteiger partial charge in [0.05, 0.1) is 10.9 Å². The zero-order valence-corrected chi connectivity index (χ0v) is 12.9. The first-order valence-corrected chi connectivity index (χ1v) is 7.70. The summed E-state index contributed by atoms with van der Waals surface area (Å²) in [5, 5.41) is 0.545. The Morgan fingerprint density at radius 3 is 3.00 bits per heavy atom. The average Bonchev–Trinajstić information content (AvgIpc) is 3.01. The van der Waals surface area contributed by atoms with Gasteiger partial charge in [-0.2, -0.15) is 0 Å². The van der Waals surface area contributed by atoms with Crippen LogP contribution >= 0.6 is 11.6 Å². The van der Waals surface area contributed by atoms with Crippen LogP contribution < -0.4 is 15.4 Å². The third kappa shape index (κ3) is 3.25. The Kier molecular flexibility index (Phi) is 4.34. The molecule has 2 heterocycles. The van der Waals surface area contributed by atoms with E-state index in [1.54, 1.807) is 6.07 Å². The fourth-order valence-corrected chi connectivity index (χ4v) is 2.84. The molecule has 22 heavy (non-hydrogen) atoms. The largest absolute Gasteiger partial charge is 0.464 e. The Labute approximate surface area is 134 Å². The van der Waals surface area contributed by atoms with Gasteiger partial charge in [0, 0.05) is 37.5 Å². The number of amides is 1. The second-order valence-corrected chi connectivity index (χ2v) is 5.86. The molecule has 1 aromatic carbocycles. The van der Waals surface area contributed by atoms with Crippen LogP contribution in [0.3, 0.4) is 0 Å². The summed E-state index contributed by atoms with van der Waals surface area (Å²) >= 11 is 6.21. The van der Waals surface area contributed by atoms with E-state index in [1.165, 1.54) is 0 Å². The van der Waals surface area contributed by atoms with Crippen molar-refractivity contribution in [3.8, 4) is 5.75 Å². The number of hydrogen-bond acceptors (Lipinski definition) is 4. The number of primary amides is 1. The van der Waals surface area contributed by atoms with E-state index in [9.17, 15) is 4.79 Å². The number of aliphatic imine (C=N–C) groups is 1. The van der Waals surface area contributed by atoms with Crippen molar-refractivity contribution in [1.29, 1.82) is 0 Å². The van der Waals surface area contributed by atoms with E-state index in [0.29, 0.717) is 17.3 Å². The van der Waals surface area contributed by atoms with Crippen LogP contribution in [-0.4, -0.2) is 31.4 Å². The SMILES string of the molecule is NC(=O)C1CCN(c2ccc(Cl)c(OC3C=CCC=N3)c2)C1. The first-order valence-electron chi connectivity index (χ1n) is 7.32. The number of carbonyl (C=O) groups is 1. The maximum atomic E-state index is 11.3. The van der Waals surface area contributed by atoms with Crippen LogP contribution in [0.5, 0.6) is 5.75 Å². The van der Waals surface area contributed by atoms with Crippen molar-refractivity contribution < 1.29 is 9.53 Å². The number of benzene rings is 1. The minimum absolute atomic E-state index is 0.0917. The molecule has 116 valence electrons. The Balaban J connectivity index is 1.75. The van der Waals surface area contributed by atoms with Crippen LogP contribution in [0.2, 0.25) is 5.02 Å². The van der Waals surface area contributed by atoms with Crippen molar-refractivity contribution in [1.82, 2.24) is 0 Å². The second-order valence-electron chi connectivity index (χ2n) is 5.45. The van der Waals surface area contributed by atoms with Crippen LogP contribution in [0, 0.1) is 5.92 Å². The fourth-order valence-electron chi connectivity index (χ4n) is 2.68. The molecule has 2 aliphatic heterocycles. The molecule has 1 amide bonds. The Morgan fingerprint density at radius 2 is 2.32 bits per heavy atom. The lowest BCUT2D eigenvalue weighted by molar-refractivity contribution is -0.121. The summed E-state index contributed by atoms with van der Waals surface area (Å²) in [6, 6.07) is 5.63. The average molecular weight is 320 g/mol. The highest BCUT2D eigenvalue weighted by atomic mass is 35.5. The van der Waals surface area contributed by atoms with E-state index in [-0.39, 0.29) is 18.1 Å². The Hall–Kier alpha value is -2.01. The number of carbonyl (C=O) groups excluding carboxylic acids is 1. The molecule has 0 spiro atoms. The van der Waals surface area contributed by atoms with Gasteiger partial charge < -0.3 is 15.4 Å². The molecule has 0 aromatic heterocycles. The highest BCUT2D eigenvalue weighted by molar-refractivity contribution is 6.32.